The van der Waals surface area contributed by atoms with Gasteiger partial charge in [-0.05, 0) is 42.7 Å². The summed E-state index contributed by atoms with van der Waals surface area (Å²) in [4.78, 5) is 2.31. The molecule has 0 spiro atoms. The molecule has 7 heteroatoms. The number of aromatic nitrogens is 3. The molecule has 1 N–H and O–H groups in total. The Kier molecular flexibility index (Phi) is 5.23. The van der Waals surface area contributed by atoms with Gasteiger partial charge in [0.05, 0.1) is 11.9 Å². The van der Waals surface area contributed by atoms with Crippen LogP contribution >= 0.6 is 23.6 Å². The second-order valence-corrected chi connectivity index (χ2v) is 7.06. The van der Waals surface area contributed by atoms with Crippen molar-refractivity contribution in [1.29, 1.82) is 0 Å². The first kappa shape index (κ1) is 17.0. The third-order valence-electron chi connectivity index (χ3n) is 3.80. The summed E-state index contributed by atoms with van der Waals surface area (Å²) in [6.07, 6.45) is 0. The molecule has 0 saturated carbocycles. The number of hydrogen-bond acceptors (Lipinski definition) is 3. The van der Waals surface area contributed by atoms with Crippen LogP contribution in [-0.2, 0) is 19.8 Å². The van der Waals surface area contributed by atoms with Crippen LogP contribution in [0.25, 0.3) is 10.7 Å². The Morgan fingerprint density at radius 1 is 1.29 bits per heavy atom. The highest BCUT2D eigenvalue weighted by Gasteiger charge is 2.15. The van der Waals surface area contributed by atoms with Crippen molar-refractivity contribution in [3.8, 4) is 10.7 Å². The molecule has 1 atom stereocenters. The molecule has 0 aliphatic carbocycles. The lowest BCUT2D eigenvalue weighted by atomic mass is 10.2. The van der Waals surface area contributed by atoms with Crippen molar-refractivity contribution in [3.05, 3.63) is 57.9 Å². The van der Waals surface area contributed by atoms with Gasteiger partial charge < -0.3 is 4.90 Å². The average Bonchev–Trinajstić information content (AvgIpc) is 3.16. The topological polar surface area (TPSA) is 27.2 Å². The summed E-state index contributed by atoms with van der Waals surface area (Å²) in [6, 6.07) is 10.8. The van der Waals surface area contributed by atoms with Gasteiger partial charge >= 0.3 is 0 Å². The molecule has 0 amide bonds. The number of nitrogens with zero attached hydrogens (tertiary/aromatic N) is 3. The van der Waals surface area contributed by atoms with Gasteiger partial charge in [0.25, 0.3) is 0 Å². The normalized spacial score (nSPS) is 12.5. The second kappa shape index (κ2) is 7.38. The smallest absolute Gasteiger partial charge is 0.203 e. The molecular weight excluding hydrogens is 343 g/mol. The van der Waals surface area contributed by atoms with Crippen LogP contribution in [0.4, 0.5) is 4.39 Å². The standard InChI is InChI=1S/C17H19FN4S2/c1-3-21-16(15-8-5-9-24-15)19-22(17(21)23)12-20(2)11-13-6-4-7-14(18)10-13/h4-10H,3,11-12H2,1-2H3/p+1. The van der Waals surface area contributed by atoms with Gasteiger partial charge in [0.15, 0.2) is 12.5 Å². The van der Waals surface area contributed by atoms with E-state index in [1.54, 1.807) is 23.5 Å². The van der Waals surface area contributed by atoms with Gasteiger partial charge in [-0.25, -0.2) is 4.39 Å². The SMILES string of the molecule is CCn1c(-c2cccs2)nn(C[NH+](C)Cc2cccc(F)c2)c1=S. The maximum atomic E-state index is 13.3. The zero-order valence-electron chi connectivity index (χ0n) is 13.7. The predicted octanol–water partition coefficient (Wildman–Crippen LogP) is 2.97. The lowest BCUT2D eigenvalue weighted by molar-refractivity contribution is -0.917. The van der Waals surface area contributed by atoms with E-state index in [9.17, 15) is 4.39 Å². The third-order valence-corrected chi connectivity index (χ3v) is 5.09. The van der Waals surface area contributed by atoms with Crippen LogP contribution in [0.15, 0.2) is 41.8 Å². The summed E-state index contributed by atoms with van der Waals surface area (Å²) >= 11 is 7.24. The fourth-order valence-electron chi connectivity index (χ4n) is 2.72. The minimum absolute atomic E-state index is 0.202. The van der Waals surface area contributed by atoms with Crippen molar-refractivity contribution in [2.24, 2.45) is 0 Å². The first-order valence-electron chi connectivity index (χ1n) is 7.85. The van der Waals surface area contributed by atoms with Crippen LogP contribution in [-0.4, -0.2) is 21.4 Å². The van der Waals surface area contributed by atoms with E-state index in [4.69, 9.17) is 17.3 Å². The van der Waals surface area contributed by atoms with Gasteiger partial charge in [0, 0.05) is 12.1 Å². The summed E-state index contributed by atoms with van der Waals surface area (Å²) in [6.45, 7) is 4.21. The van der Waals surface area contributed by atoms with Crippen LogP contribution < -0.4 is 4.90 Å². The minimum Gasteiger partial charge on any atom is -0.315 e. The average molecular weight is 364 g/mol. The number of rotatable bonds is 6. The highest BCUT2D eigenvalue weighted by atomic mass is 32.1. The number of nitrogens with one attached hydrogen (secondary N) is 1. The van der Waals surface area contributed by atoms with Crippen molar-refractivity contribution < 1.29 is 9.29 Å². The molecule has 126 valence electrons. The van der Waals surface area contributed by atoms with Gasteiger partial charge in [-0.2, -0.15) is 4.68 Å². The van der Waals surface area contributed by atoms with Crippen molar-refractivity contribution >= 4 is 23.6 Å². The predicted molar refractivity (Wildman–Crippen MR) is 97.0 cm³/mol. The monoisotopic (exact) mass is 363 g/mol. The van der Waals surface area contributed by atoms with Gasteiger partial charge in [0.2, 0.25) is 4.77 Å². The molecule has 3 aromatic rings. The first-order valence-corrected chi connectivity index (χ1v) is 9.14. The van der Waals surface area contributed by atoms with Crippen molar-refractivity contribution in [2.75, 3.05) is 7.05 Å². The molecule has 0 aliphatic rings. The molecule has 2 aromatic heterocycles. The van der Waals surface area contributed by atoms with Crippen molar-refractivity contribution in [3.63, 3.8) is 0 Å². The number of halogens is 1. The zero-order valence-corrected chi connectivity index (χ0v) is 15.3. The van der Waals surface area contributed by atoms with Gasteiger partial charge in [-0.3, -0.25) is 4.57 Å². The Labute approximate surface area is 149 Å². The molecule has 0 fully saturated rings. The maximum Gasteiger partial charge on any atom is 0.203 e. The summed E-state index contributed by atoms with van der Waals surface area (Å²) in [5.41, 5.74) is 0.965. The number of thiophene rings is 1. The van der Waals surface area contributed by atoms with Gasteiger partial charge in [0.1, 0.15) is 12.4 Å². The van der Waals surface area contributed by atoms with Gasteiger partial charge in [-0.1, -0.05) is 18.2 Å². The van der Waals surface area contributed by atoms with Crippen LogP contribution in [0, 0.1) is 10.6 Å². The molecule has 0 aliphatic heterocycles. The quantitative estimate of drug-likeness (QED) is 0.682. The molecule has 0 radical (unpaired) electrons. The Hall–Kier alpha value is -1.83. The van der Waals surface area contributed by atoms with E-state index in [1.807, 2.05) is 22.2 Å². The second-order valence-electron chi connectivity index (χ2n) is 5.75. The van der Waals surface area contributed by atoms with E-state index in [0.717, 1.165) is 27.6 Å². The molecule has 24 heavy (non-hydrogen) atoms. The molecule has 0 saturated heterocycles. The van der Waals surface area contributed by atoms with E-state index in [2.05, 4.69) is 24.6 Å². The Morgan fingerprint density at radius 2 is 2.12 bits per heavy atom. The summed E-state index contributed by atoms with van der Waals surface area (Å²) in [7, 11) is 2.06. The molecule has 2 heterocycles. The number of quaternary nitrogens is 1. The Morgan fingerprint density at radius 3 is 2.79 bits per heavy atom. The van der Waals surface area contributed by atoms with E-state index in [0.29, 0.717) is 13.2 Å². The van der Waals surface area contributed by atoms with Gasteiger partial charge in [-0.15, -0.1) is 16.4 Å². The fourth-order valence-corrected chi connectivity index (χ4v) is 3.76. The molecule has 1 unspecified atom stereocenters. The first-order chi connectivity index (χ1) is 11.6. The lowest BCUT2D eigenvalue weighted by Crippen LogP contribution is -3.07. The summed E-state index contributed by atoms with van der Waals surface area (Å²) in [5, 5.41) is 6.75. The van der Waals surface area contributed by atoms with Crippen LogP contribution in [0.3, 0.4) is 0 Å². The molecule has 1 aromatic carbocycles. The van der Waals surface area contributed by atoms with Crippen LogP contribution in [0.1, 0.15) is 12.5 Å². The molecule has 3 rings (SSSR count). The molecular formula is C17H20FN4S2+. The third kappa shape index (κ3) is 3.63. The highest BCUT2D eigenvalue weighted by Crippen LogP contribution is 2.23. The number of benzene rings is 1. The van der Waals surface area contributed by atoms with Crippen molar-refractivity contribution in [2.45, 2.75) is 26.7 Å². The summed E-state index contributed by atoms with van der Waals surface area (Å²) in [5.74, 6) is 0.711. The van der Waals surface area contributed by atoms with E-state index < -0.39 is 0 Å². The highest BCUT2D eigenvalue weighted by molar-refractivity contribution is 7.71. The molecule has 4 nitrogen and oxygen atoms in total. The maximum absolute atomic E-state index is 13.3. The Balaban J connectivity index is 1.81. The van der Waals surface area contributed by atoms with E-state index in [-0.39, 0.29) is 5.82 Å². The van der Waals surface area contributed by atoms with Crippen molar-refractivity contribution in [1.82, 2.24) is 14.3 Å². The minimum atomic E-state index is -0.202. The summed E-state index contributed by atoms with van der Waals surface area (Å²) < 4.78 is 18.0. The largest absolute Gasteiger partial charge is 0.315 e. The van der Waals surface area contributed by atoms with E-state index in [1.165, 1.54) is 11.0 Å². The van der Waals surface area contributed by atoms with Crippen LogP contribution in [0.5, 0.6) is 0 Å². The Bertz CT molecular complexity index is 867. The zero-order chi connectivity index (χ0) is 17.1. The fraction of sp³-hybridized carbons (Fsp3) is 0.294. The van der Waals surface area contributed by atoms with Crippen LogP contribution in [0.2, 0.25) is 0 Å². The lowest BCUT2D eigenvalue weighted by Gasteiger charge is -2.13. The number of hydrogen-bond donors (Lipinski definition) is 1. The van der Waals surface area contributed by atoms with E-state index >= 15 is 0 Å². The molecule has 0 bridgehead atoms.